The average Bonchev–Trinajstić information content (AvgIpc) is 4.01. The lowest BCUT2D eigenvalue weighted by atomic mass is 9.46. The van der Waals surface area contributed by atoms with E-state index in [9.17, 15) is 67.8 Å². The summed E-state index contributed by atoms with van der Waals surface area (Å²) >= 11 is 1.02. The average molecular weight is 1140 g/mol. The summed E-state index contributed by atoms with van der Waals surface area (Å²) in [6.45, 7) is 7.18. The number of fused-ring (bicyclic) bond motifs is 6. The molecule has 5 aliphatic rings. The van der Waals surface area contributed by atoms with Gasteiger partial charge in [0.25, 0.3) is 0 Å². The summed E-state index contributed by atoms with van der Waals surface area (Å²) in [4.78, 5) is 102. The van der Waals surface area contributed by atoms with Gasteiger partial charge in [-0.05, 0) is 91.4 Å². The molecule has 15 atom stereocenters. The highest BCUT2D eigenvalue weighted by Crippen LogP contribution is 2.68. The zero-order valence-electron chi connectivity index (χ0n) is 42.3. The van der Waals surface area contributed by atoms with Gasteiger partial charge in [-0.25, -0.2) is 28.6 Å². The number of nitrogens with one attached hydrogen (secondary N) is 2. The van der Waals surface area contributed by atoms with Crippen molar-refractivity contribution in [2.24, 2.45) is 45.8 Å². The lowest BCUT2D eigenvalue weighted by molar-refractivity contribution is -0.137. The van der Waals surface area contributed by atoms with Crippen LogP contribution in [0.5, 0.6) is 0 Å². The van der Waals surface area contributed by atoms with Crippen molar-refractivity contribution < 1.29 is 90.4 Å². The van der Waals surface area contributed by atoms with E-state index >= 15 is 0 Å². The number of aromatic nitrogens is 4. The molecule has 3 saturated carbocycles. The Bertz CT molecular complexity index is 2640. The van der Waals surface area contributed by atoms with Crippen LogP contribution in [0.4, 0.5) is 5.82 Å². The number of hydrogen-bond donors (Lipinski definition) is 10. The topological polar surface area (TPSA) is 401 Å². The number of ether oxygens (including phenoxy) is 1. The Hall–Kier alpha value is -3.07. The van der Waals surface area contributed by atoms with Crippen LogP contribution in [0.2, 0.25) is 0 Å². The van der Waals surface area contributed by atoms with Gasteiger partial charge in [-0.1, -0.05) is 52.0 Å². The van der Waals surface area contributed by atoms with E-state index in [2.05, 4.69) is 55.2 Å². The van der Waals surface area contributed by atoms with Crippen molar-refractivity contribution in [1.82, 2.24) is 30.2 Å². The van der Waals surface area contributed by atoms with Crippen LogP contribution in [0.3, 0.4) is 0 Å². The first-order valence-electron chi connectivity index (χ1n) is 24.9. The molecule has 420 valence electrons. The Morgan fingerprint density at radius 2 is 1.69 bits per heavy atom. The molecule has 1 saturated heterocycles. The van der Waals surface area contributed by atoms with E-state index in [0.717, 1.165) is 73.9 Å². The monoisotopic (exact) mass is 1140 g/mol. The predicted molar refractivity (Wildman–Crippen MR) is 267 cm³/mol. The summed E-state index contributed by atoms with van der Waals surface area (Å²) in [6, 6.07) is 0. The van der Waals surface area contributed by atoms with Crippen LogP contribution in [0.15, 0.2) is 24.3 Å². The molecule has 2 aromatic rings. The zero-order valence-corrected chi connectivity index (χ0v) is 45.8. The van der Waals surface area contributed by atoms with E-state index < -0.39 is 90.7 Å². The third kappa shape index (κ3) is 13.7. The molecular weight excluding hydrogens is 1070 g/mol. The fourth-order valence-corrected chi connectivity index (χ4v) is 16.0. The van der Waals surface area contributed by atoms with Gasteiger partial charge in [0.1, 0.15) is 36.3 Å². The summed E-state index contributed by atoms with van der Waals surface area (Å²) in [6.07, 6.45) is 2.02. The number of phosphoric ester groups is 3. The Morgan fingerprint density at radius 1 is 0.973 bits per heavy atom. The molecule has 2 amide bonds. The first kappa shape index (κ1) is 59.6. The van der Waals surface area contributed by atoms with Gasteiger partial charge in [0.2, 0.25) is 11.8 Å². The fourth-order valence-electron chi connectivity index (χ4n) is 12.4. The maximum atomic E-state index is 13.0. The molecule has 0 spiro atoms. The number of aliphatic hydroxyl groups excluding tert-OH is 3. The number of ketones is 1. The van der Waals surface area contributed by atoms with Gasteiger partial charge in [0, 0.05) is 43.5 Å². The third-order valence-corrected chi connectivity index (χ3v) is 20.4. The van der Waals surface area contributed by atoms with Gasteiger partial charge >= 0.3 is 23.5 Å². The summed E-state index contributed by atoms with van der Waals surface area (Å²) in [5, 5.41) is 37.9. The number of nitrogens with zero attached hydrogens (tertiary/aromatic N) is 4. The number of rotatable bonds is 23. The number of allylic oxidation sites excluding steroid dienone is 1. The van der Waals surface area contributed by atoms with Crippen LogP contribution in [-0.4, -0.2) is 140 Å². The lowest BCUT2D eigenvalue weighted by Crippen LogP contribution is -2.51. The highest BCUT2D eigenvalue weighted by molar-refractivity contribution is 8.13. The van der Waals surface area contributed by atoms with Gasteiger partial charge in [-0.3, -0.25) is 37.3 Å². The fraction of sp³-hybridized carbons (Fsp3) is 0.756. The molecule has 11 N–H and O–H groups in total. The number of thioether (sulfide) groups is 1. The maximum absolute atomic E-state index is 13.0. The van der Waals surface area contributed by atoms with E-state index in [1.165, 1.54) is 19.4 Å². The predicted octanol–water partition coefficient (Wildman–Crippen LogP) is 3.20. The lowest BCUT2D eigenvalue weighted by Gasteiger charge is -2.58. The number of aliphatic hydroxyl groups is 3. The summed E-state index contributed by atoms with van der Waals surface area (Å²) in [7, 11) is -16.5. The Morgan fingerprint density at radius 3 is 2.41 bits per heavy atom. The molecule has 7 rings (SSSR count). The van der Waals surface area contributed by atoms with E-state index in [1.807, 2.05) is 6.08 Å². The highest BCUT2D eigenvalue weighted by Gasteiger charge is 2.60. The minimum Gasteiger partial charge on any atom is -0.392 e. The van der Waals surface area contributed by atoms with Crippen molar-refractivity contribution in [3.8, 4) is 0 Å². The first-order valence-corrected chi connectivity index (χ1v) is 30.4. The molecule has 0 radical (unpaired) electrons. The van der Waals surface area contributed by atoms with Crippen LogP contribution in [-0.2, 0) is 55.5 Å². The van der Waals surface area contributed by atoms with E-state index in [1.54, 1.807) is 0 Å². The molecule has 4 fully saturated rings. The second kappa shape index (κ2) is 23.3. The Balaban J connectivity index is 0.785. The van der Waals surface area contributed by atoms with Crippen molar-refractivity contribution in [1.29, 1.82) is 0 Å². The van der Waals surface area contributed by atoms with Crippen LogP contribution in [0.25, 0.3) is 11.2 Å². The highest BCUT2D eigenvalue weighted by atomic mass is 32.2. The Kier molecular flexibility index (Phi) is 18.5. The minimum absolute atomic E-state index is 0.00871. The van der Waals surface area contributed by atoms with Crippen LogP contribution in [0, 0.1) is 45.8 Å². The number of imidazole rings is 1. The number of anilines is 1. The number of nitrogen functional groups attached to an aromatic ring is 1. The van der Waals surface area contributed by atoms with Crippen molar-refractivity contribution >= 4 is 74.9 Å². The molecule has 3 heterocycles. The van der Waals surface area contributed by atoms with Gasteiger partial charge < -0.3 is 56.0 Å². The van der Waals surface area contributed by atoms with E-state index in [4.69, 9.17) is 19.5 Å². The molecule has 0 bridgehead atoms. The zero-order chi connectivity index (χ0) is 55.1. The number of amides is 2. The van der Waals surface area contributed by atoms with E-state index in [-0.39, 0.29) is 82.2 Å². The largest absolute Gasteiger partial charge is 0.481 e. The van der Waals surface area contributed by atoms with Gasteiger partial charge in [0.05, 0.1) is 25.6 Å². The third-order valence-electron chi connectivity index (χ3n) is 16.4. The second-order valence-electron chi connectivity index (χ2n) is 21.6. The van der Waals surface area contributed by atoms with Crippen molar-refractivity contribution in [2.45, 2.75) is 136 Å². The molecule has 30 heteroatoms. The molecule has 1 aliphatic heterocycles. The molecule has 2 unspecified atom stereocenters. The quantitative estimate of drug-likeness (QED) is 0.0564. The Labute approximate surface area is 437 Å². The molecule has 4 aliphatic carbocycles. The van der Waals surface area contributed by atoms with Gasteiger partial charge in [-0.2, -0.15) is 4.31 Å². The first-order chi connectivity index (χ1) is 34.9. The van der Waals surface area contributed by atoms with Crippen LogP contribution < -0.4 is 16.4 Å². The number of hydrogen-bond acceptors (Lipinski definition) is 20. The van der Waals surface area contributed by atoms with Crippen molar-refractivity contribution in [2.75, 3.05) is 37.8 Å². The molecule has 2 aromatic heterocycles. The second-order valence-corrected chi connectivity index (χ2v) is 27.0. The van der Waals surface area contributed by atoms with Crippen LogP contribution >= 0.6 is 35.2 Å². The number of carbonyl (C=O) groups is 4. The smallest absolute Gasteiger partial charge is 0.392 e. The molecule has 0 aromatic carbocycles. The normalized spacial score (nSPS) is 31.7. The molecule has 26 nitrogen and oxygen atoms in total. The van der Waals surface area contributed by atoms with E-state index in [0.29, 0.717) is 24.2 Å². The number of phosphoric acid groups is 3. The number of carbonyl (C=O) groups excluding carboxylic acids is 4. The SMILES string of the molecule is C[C@@H]([C@H]1CC[C@H]2[C@@H]3CCC4=CC(=O)CC[C@]4(C)[C@H]3CC[C@]12C)[C@@H](O)CC(=O)SCCNC(=O)CCNC(=O)[C@H](O)C(C)(C)COP(=O)(O)OP(=O)(O)OC[C@H]1O[C@@H](n2cnc3c(N)ncnc32)[C@H](O)[C@@H]1OP(=O)(O)O. The summed E-state index contributed by atoms with van der Waals surface area (Å²) in [5.74, 6) is 0.931. The molecular formula is C45H70N7O19P3S. The standard InChI is InChI=1S/C45H70N7O19P3S/c1-24(28-8-9-29-27-7-6-25-18-26(53)10-13-44(25,4)30(27)11-14-45(28,29)5)31(54)19-34(56)75-17-16-47-33(55)12-15-48-41(59)38(58)43(2,3)21-68-74(65,66)71-73(63,64)67-20-32-37(70-72(60,61)62)36(57)42(69-32)52-23-51-35-39(46)49-22-50-40(35)52/h18,22-24,27-32,36-38,42,54,57-58H,6-17,19-21H2,1-5H3,(H,47,55)(H,48,59)(H,63,64)(H,65,66)(H2,46,49,50)(H2,60,61,62)/t24-,27-,28+,29-,30-,31-,32+,36+,37+,38-,42+,44-,45+/m0/s1. The van der Waals surface area contributed by atoms with Crippen molar-refractivity contribution in [3.63, 3.8) is 0 Å². The van der Waals surface area contributed by atoms with Gasteiger partial charge in [0.15, 0.2) is 28.6 Å². The van der Waals surface area contributed by atoms with Gasteiger partial charge in [-0.15, -0.1) is 0 Å². The molecule has 75 heavy (non-hydrogen) atoms. The number of nitrogens with two attached hydrogens (primary N) is 1. The maximum Gasteiger partial charge on any atom is 0.481 e. The summed E-state index contributed by atoms with van der Waals surface area (Å²) < 4.78 is 62.7. The van der Waals surface area contributed by atoms with Crippen LogP contribution in [0.1, 0.15) is 105 Å². The minimum atomic E-state index is -5.60. The summed E-state index contributed by atoms with van der Waals surface area (Å²) in [5.41, 5.74) is 5.76. The van der Waals surface area contributed by atoms with Crippen molar-refractivity contribution in [3.05, 3.63) is 24.3 Å².